The van der Waals surface area contributed by atoms with E-state index in [1.807, 2.05) is 31.2 Å². The number of ether oxygens (including phenoxy) is 2. The molecule has 0 unspecified atom stereocenters. The van der Waals surface area contributed by atoms with Crippen molar-refractivity contribution in [1.82, 2.24) is 20.1 Å². The maximum absolute atomic E-state index is 13.0. The van der Waals surface area contributed by atoms with Crippen molar-refractivity contribution >= 4 is 23.1 Å². The molecule has 3 N–H and O–H groups in total. The van der Waals surface area contributed by atoms with Gasteiger partial charge in [-0.3, -0.25) is 4.79 Å². The molecule has 1 aliphatic heterocycles. The Morgan fingerprint density at radius 1 is 1.22 bits per heavy atom. The number of nitrogens with one attached hydrogen (secondary N) is 1. The number of hydrogen-bond acceptors (Lipinski definition) is 8. The quantitative estimate of drug-likeness (QED) is 0.431. The zero-order chi connectivity index (χ0) is 26.4. The van der Waals surface area contributed by atoms with Gasteiger partial charge in [0.05, 0.1) is 36.9 Å². The van der Waals surface area contributed by atoms with Gasteiger partial charge >= 0.3 is 0 Å². The SMILES string of the molecule is CCCN(CCOC)c1nc(-n2nc(-c3cccc(C)c3)cc2C(=O)NC)cc(N2CCOCC2)c1N. The van der Waals surface area contributed by atoms with E-state index < -0.39 is 0 Å². The molecule has 0 atom stereocenters. The summed E-state index contributed by atoms with van der Waals surface area (Å²) in [6, 6.07) is 11.8. The predicted octanol–water partition coefficient (Wildman–Crippen LogP) is 2.88. The molecule has 198 valence electrons. The number of pyridine rings is 1. The summed E-state index contributed by atoms with van der Waals surface area (Å²) in [7, 11) is 3.30. The molecule has 1 saturated heterocycles. The van der Waals surface area contributed by atoms with Gasteiger partial charge in [-0.15, -0.1) is 0 Å². The number of carbonyl (C=O) groups excluding carboxylic acids is 1. The number of anilines is 3. The van der Waals surface area contributed by atoms with Crippen molar-refractivity contribution in [3.63, 3.8) is 0 Å². The first-order valence-corrected chi connectivity index (χ1v) is 12.7. The Morgan fingerprint density at radius 3 is 2.68 bits per heavy atom. The van der Waals surface area contributed by atoms with Crippen molar-refractivity contribution < 1.29 is 14.3 Å². The Hall–Kier alpha value is -3.63. The fourth-order valence-electron chi connectivity index (χ4n) is 4.52. The van der Waals surface area contributed by atoms with Crippen molar-refractivity contribution in [1.29, 1.82) is 0 Å². The maximum Gasteiger partial charge on any atom is 0.269 e. The summed E-state index contributed by atoms with van der Waals surface area (Å²) in [5.41, 5.74) is 11.4. The summed E-state index contributed by atoms with van der Waals surface area (Å²) in [6.45, 7) is 8.78. The van der Waals surface area contributed by atoms with Crippen molar-refractivity contribution in [2.24, 2.45) is 0 Å². The van der Waals surface area contributed by atoms with Gasteiger partial charge in [-0.25, -0.2) is 9.67 Å². The van der Waals surface area contributed by atoms with Crippen LogP contribution >= 0.6 is 0 Å². The lowest BCUT2D eigenvalue weighted by Gasteiger charge is -2.32. The number of aromatic nitrogens is 3. The number of amides is 1. The topological polar surface area (TPSA) is 111 Å². The van der Waals surface area contributed by atoms with E-state index >= 15 is 0 Å². The van der Waals surface area contributed by atoms with E-state index in [-0.39, 0.29) is 5.91 Å². The minimum Gasteiger partial charge on any atom is -0.394 e. The lowest BCUT2D eigenvalue weighted by molar-refractivity contribution is 0.0955. The van der Waals surface area contributed by atoms with Crippen LogP contribution in [0, 0.1) is 6.92 Å². The normalized spacial score (nSPS) is 13.6. The molecular weight excluding hydrogens is 470 g/mol. The number of nitrogens with two attached hydrogens (primary N) is 1. The Labute approximate surface area is 218 Å². The molecule has 3 heterocycles. The van der Waals surface area contributed by atoms with Crippen LogP contribution in [0.25, 0.3) is 17.1 Å². The van der Waals surface area contributed by atoms with Crippen molar-refractivity contribution in [2.75, 3.05) is 75.7 Å². The van der Waals surface area contributed by atoms with Gasteiger partial charge in [-0.1, -0.05) is 30.7 Å². The first-order chi connectivity index (χ1) is 18.0. The average molecular weight is 508 g/mol. The number of nitrogen functional groups attached to an aromatic ring is 1. The van der Waals surface area contributed by atoms with E-state index in [1.54, 1.807) is 24.9 Å². The Kier molecular flexibility index (Phi) is 8.62. The van der Waals surface area contributed by atoms with E-state index in [9.17, 15) is 4.79 Å². The largest absolute Gasteiger partial charge is 0.394 e. The fraction of sp³-hybridized carbons (Fsp3) is 0.444. The number of nitrogens with zero attached hydrogens (tertiary/aromatic N) is 5. The molecule has 0 saturated carbocycles. The molecule has 4 rings (SSSR count). The molecule has 0 bridgehead atoms. The van der Waals surface area contributed by atoms with Gasteiger partial charge in [0.2, 0.25) is 0 Å². The molecule has 1 fully saturated rings. The highest BCUT2D eigenvalue weighted by Gasteiger charge is 2.24. The molecule has 0 spiro atoms. The number of rotatable bonds is 10. The molecule has 3 aromatic rings. The first kappa shape index (κ1) is 26.4. The van der Waals surface area contributed by atoms with Gasteiger partial charge in [0, 0.05) is 52.0 Å². The van der Waals surface area contributed by atoms with Crippen LogP contribution in [-0.4, -0.2) is 80.8 Å². The lowest BCUT2D eigenvalue weighted by atomic mass is 10.1. The monoisotopic (exact) mass is 507 g/mol. The number of benzene rings is 1. The molecule has 1 amide bonds. The molecule has 2 aromatic heterocycles. The summed E-state index contributed by atoms with van der Waals surface area (Å²) in [5, 5.41) is 7.59. The number of methoxy groups -OCH3 is 1. The van der Waals surface area contributed by atoms with Gasteiger partial charge < -0.3 is 30.3 Å². The second-order valence-electron chi connectivity index (χ2n) is 9.09. The molecule has 0 aliphatic carbocycles. The van der Waals surface area contributed by atoms with Gasteiger partial charge in [0.1, 0.15) is 5.69 Å². The minimum atomic E-state index is -0.246. The highest BCUT2D eigenvalue weighted by Crippen LogP contribution is 2.35. The Morgan fingerprint density at radius 2 is 2.00 bits per heavy atom. The number of hydrogen-bond donors (Lipinski definition) is 2. The predicted molar refractivity (Wildman–Crippen MR) is 147 cm³/mol. The Bertz CT molecular complexity index is 1220. The van der Waals surface area contributed by atoms with Crippen molar-refractivity contribution in [3.8, 4) is 17.1 Å². The number of carbonyl (C=O) groups is 1. The van der Waals surface area contributed by atoms with Crippen molar-refractivity contribution in [2.45, 2.75) is 20.3 Å². The van der Waals surface area contributed by atoms with E-state index in [0.29, 0.717) is 55.1 Å². The van der Waals surface area contributed by atoms with Crippen LogP contribution in [0.5, 0.6) is 0 Å². The van der Waals surface area contributed by atoms with Gasteiger partial charge in [0.25, 0.3) is 5.91 Å². The third-order valence-electron chi connectivity index (χ3n) is 6.41. The molecule has 37 heavy (non-hydrogen) atoms. The van der Waals surface area contributed by atoms with Gasteiger partial charge in [-0.2, -0.15) is 5.10 Å². The first-order valence-electron chi connectivity index (χ1n) is 12.7. The molecular formula is C27H37N7O3. The van der Waals surface area contributed by atoms with E-state index in [2.05, 4.69) is 28.1 Å². The van der Waals surface area contributed by atoms with E-state index in [1.165, 1.54) is 0 Å². The number of morpholine rings is 1. The summed E-state index contributed by atoms with van der Waals surface area (Å²) < 4.78 is 12.6. The zero-order valence-electron chi connectivity index (χ0n) is 22.2. The molecule has 10 nitrogen and oxygen atoms in total. The molecule has 0 radical (unpaired) electrons. The zero-order valence-corrected chi connectivity index (χ0v) is 22.2. The molecule has 1 aromatic carbocycles. The highest BCUT2D eigenvalue weighted by molar-refractivity contribution is 5.94. The summed E-state index contributed by atoms with van der Waals surface area (Å²) in [6.07, 6.45) is 0.921. The third-order valence-corrected chi connectivity index (χ3v) is 6.41. The molecule has 10 heteroatoms. The minimum absolute atomic E-state index is 0.246. The second-order valence-corrected chi connectivity index (χ2v) is 9.09. The van der Waals surface area contributed by atoms with Gasteiger partial charge in [0.15, 0.2) is 11.6 Å². The van der Waals surface area contributed by atoms with Gasteiger partial charge in [-0.05, 0) is 25.5 Å². The number of aryl methyl sites for hydroxylation is 1. The molecule has 1 aliphatic rings. The summed E-state index contributed by atoms with van der Waals surface area (Å²) >= 11 is 0. The summed E-state index contributed by atoms with van der Waals surface area (Å²) in [5.74, 6) is 0.944. The second kappa shape index (κ2) is 12.1. The standard InChI is InChI=1S/C27H37N7O3/c1-5-9-33(10-13-36-4)26-25(28)22(32-11-14-37-15-12-32)18-24(30-26)34-23(27(35)29-3)17-21(31-34)20-8-6-7-19(2)16-20/h6-8,16-18H,5,9-15,28H2,1-4H3,(H,29,35). The van der Waals surface area contributed by atoms with Crippen LogP contribution < -0.4 is 20.9 Å². The van der Waals surface area contributed by atoms with Crippen LogP contribution in [0.3, 0.4) is 0 Å². The Balaban J connectivity index is 1.90. The van der Waals surface area contributed by atoms with Crippen LogP contribution in [0.4, 0.5) is 17.2 Å². The summed E-state index contributed by atoms with van der Waals surface area (Å²) in [4.78, 5) is 22.3. The van der Waals surface area contributed by atoms with E-state index in [0.717, 1.165) is 42.9 Å². The fourth-order valence-corrected chi connectivity index (χ4v) is 4.52. The van der Waals surface area contributed by atoms with Crippen LogP contribution in [-0.2, 0) is 9.47 Å². The smallest absolute Gasteiger partial charge is 0.269 e. The van der Waals surface area contributed by atoms with Crippen LogP contribution in [0.1, 0.15) is 29.4 Å². The van der Waals surface area contributed by atoms with Crippen molar-refractivity contribution in [3.05, 3.63) is 47.7 Å². The van der Waals surface area contributed by atoms with Crippen LogP contribution in [0.2, 0.25) is 0 Å². The van der Waals surface area contributed by atoms with Crippen LogP contribution in [0.15, 0.2) is 36.4 Å². The lowest BCUT2D eigenvalue weighted by Crippen LogP contribution is -2.37. The average Bonchev–Trinajstić information content (AvgIpc) is 3.37. The third kappa shape index (κ3) is 5.86. The highest BCUT2D eigenvalue weighted by atomic mass is 16.5. The maximum atomic E-state index is 13.0. The van der Waals surface area contributed by atoms with E-state index in [4.69, 9.17) is 25.3 Å².